The lowest BCUT2D eigenvalue weighted by Gasteiger charge is -2.30. The van der Waals surface area contributed by atoms with Crippen molar-refractivity contribution in [3.8, 4) is 12.3 Å². The molecule has 1 N–H and O–H groups in total. The average Bonchev–Trinajstić information content (AvgIpc) is 3.21. The lowest BCUT2D eigenvalue weighted by molar-refractivity contribution is 0.0919. The average molecular weight is 436 g/mol. The number of imidazole rings is 1. The zero-order valence-corrected chi connectivity index (χ0v) is 17.9. The first-order valence-electron chi connectivity index (χ1n) is 9.67. The number of hydrogen-bond acceptors (Lipinski definition) is 6. The first kappa shape index (κ1) is 20.8. The number of fused-ring (bicyclic) bond motifs is 1. The van der Waals surface area contributed by atoms with Gasteiger partial charge >= 0.3 is 0 Å². The molecule has 3 heterocycles. The van der Waals surface area contributed by atoms with Crippen LogP contribution < -0.4 is 4.72 Å². The van der Waals surface area contributed by atoms with Crippen molar-refractivity contribution in [2.75, 3.05) is 7.11 Å². The number of sulfonamides is 1. The summed E-state index contributed by atoms with van der Waals surface area (Å²) >= 11 is 0. The number of allylic oxidation sites excluding steroid dienone is 2. The topological polar surface area (TPSA) is 98.5 Å². The molecule has 8 nitrogen and oxygen atoms in total. The molecule has 1 aliphatic carbocycles. The Kier molecular flexibility index (Phi) is 5.59. The molecule has 0 saturated carbocycles. The molecule has 0 saturated heterocycles. The fourth-order valence-corrected chi connectivity index (χ4v) is 4.63. The normalized spacial score (nSPS) is 18.9. The van der Waals surface area contributed by atoms with Crippen LogP contribution in [0.5, 0.6) is 0 Å². The molecule has 1 aliphatic rings. The van der Waals surface area contributed by atoms with Gasteiger partial charge in [0.15, 0.2) is 5.65 Å². The van der Waals surface area contributed by atoms with Crippen molar-refractivity contribution in [2.24, 2.45) is 5.92 Å². The SMILES string of the molecule is C#Cc1cnc2ccc(C3=CC(CC)C(OC)C(NS(=O)(=O)c4cccnc4)=C3)nn12. The van der Waals surface area contributed by atoms with Gasteiger partial charge in [-0.2, -0.15) is 5.10 Å². The summed E-state index contributed by atoms with van der Waals surface area (Å²) in [7, 11) is -2.26. The van der Waals surface area contributed by atoms with Gasteiger partial charge in [0, 0.05) is 31.0 Å². The van der Waals surface area contributed by atoms with Crippen LogP contribution in [0.3, 0.4) is 0 Å². The number of terminal acetylenes is 1. The quantitative estimate of drug-likeness (QED) is 0.597. The molecular formula is C22H21N5O3S. The summed E-state index contributed by atoms with van der Waals surface area (Å²) in [5.74, 6) is 2.51. The van der Waals surface area contributed by atoms with Crippen molar-refractivity contribution in [1.82, 2.24) is 24.3 Å². The second-order valence-corrected chi connectivity index (χ2v) is 8.70. The molecule has 3 aromatic heterocycles. The van der Waals surface area contributed by atoms with E-state index >= 15 is 0 Å². The minimum atomic E-state index is -3.83. The summed E-state index contributed by atoms with van der Waals surface area (Å²) in [6, 6.07) is 6.72. The van der Waals surface area contributed by atoms with Crippen molar-refractivity contribution >= 4 is 21.2 Å². The van der Waals surface area contributed by atoms with Gasteiger partial charge in [-0.25, -0.2) is 17.9 Å². The second-order valence-electron chi connectivity index (χ2n) is 7.02. The van der Waals surface area contributed by atoms with Crippen molar-refractivity contribution < 1.29 is 13.2 Å². The summed E-state index contributed by atoms with van der Waals surface area (Å²) in [6.45, 7) is 2.02. The molecule has 0 aromatic carbocycles. The molecule has 0 spiro atoms. The van der Waals surface area contributed by atoms with E-state index in [9.17, 15) is 8.42 Å². The minimum absolute atomic E-state index is 0.0519. The number of methoxy groups -OCH3 is 1. The molecule has 4 rings (SSSR count). The smallest absolute Gasteiger partial charge is 0.263 e. The number of nitrogens with zero attached hydrogens (tertiary/aromatic N) is 4. The maximum Gasteiger partial charge on any atom is 0.263 e. The Morgan fingerprint density at radius 1 is 1.29 bits per heavy atom. The van der Waals surface area contributed by atoms with Gasteiger partial charge < -0.3 is 4.74 Å². The molecule has 2 atom stereocenters. The van der Waals surface area contributed by atoms with Crippen LogP contribution in [0.2, 0.25) is 0 Å². The number of hydrogen-bond donors (Lipinski definition) is 1. The fraction of sp³-hybridized carbons (Fsp3) is 0.227. The van der Waals surface area contributed by atoms with Gasteiger partial charge in [0.25, 0.3) is 10.0 Å². The van der Waals surface area contributed by atoms with E-state index in [0.29, 0.717) is 22.7 Å². The summed E-state index contributed by atoms with van der Waals surface area (Å²) < 4.78 is 35.7. The van der Waals surface area contributed by atoms with Crippen molar-refractivity contribution in [3.05, 3.63) is 72.1 Å². The number of aromatic nitrogens is 4. The van der Waals surface area contributed by atoms with E-state index in [1.807, 2.05) is 25.1 Å². The summed E-state index contributed by atoms with van der Waals surface area (Å²) in [6.07, 6.45) is 14.0. The van der Waals surface area contributed by atoms with Gasteiger partial charge in [-0.15, -0.1) is 6.42 Å². The van der Waals surface area contributed by atoms with Gasteiger partial charge in [-0.05, 0) is 42.7 Å². The van der Waals surface area contributed by atoms with E-state index in [4.69, 9.17) is 11.2 Å². The van der Waals surface area contributed by atoms with E-state index in [2.05, 4.69) is 25.7 Å². The molecule has 3 aromatic rings. The van der Waals surface area contributed by atoms with Crippen LogP contribution in [0.4, 0.5) is 0 Å². The van der Waals surface area contributed by atoms with E-state index in [-0.39, 0.29) is 10.8 Å². The summed E-state index contributed by atoms with van der Waals surface area (Å²) in [5.41, 5.74) is 3.02. The predicted octanol–water partition coefficient (Wildman–Crippen LogP) is 2.41. The second kappa shape index (κ2) is 8.34. The third kappa shape index (κ3) is 3.95. The Morgan fingerprint density at radius 2 is 2.13 bits per heavy atom. The summed E-state index contributed by atoms with van der Waals surface area (Å²) in [5, 5.41) is 4.61. The number of pyridine rings is 1. The zero-order chi connectivity index (χ0) is 22.0. The Labute approximate surface area is 180 Å². The van der Waals surface area contributed by atoms with Crippen LogP contribution in [0.15, 0.2) is 65.6 Å². The number of ether oxygens (including phenoxy) is 1. The molecule has 0 amide bonds. The lowest BCUT2D eigenvalue weighted by atomic mass is 9.88. The first-order valence-corrected chi connectivity index (χ1v) is 11.2. The number of nitrogens with one attached hydrogen (secondary N) is 1. The maximum absolute atomic E-state index is 12.9. The highest BCUT2D eigenvalue weighted by Gasteiger charge is 2.30. The van der Waals surface area contributed by atoms with Crippen LogP contribution >= 0.6 is 0 Å². The third-order valence-corrected chi connectivity index (χ3v) is 6.49. The molecule has 0 bridgehead atoms. The molecule has 0 radical (unpaired) electrons. The van der Waals surface area contributed by atoms with Gasteiger partial charge in [0.2, 0.25) is 0 Å². The molecule has 31 heavy (non-hydrogen) atoms. The lowest BCUT2D eigenvalue weighted by Crippen LogP contribution is -2.36. The highest BCUT2D eigenvalue weighted by molar-refractivity contribution is 7.89. The van der Waals surface area contributed by atoms with Crippen LogP contribution in [0.1, 0.15) is 24.7 Å². The zero-order valence-electron chi connectivity index (χ0n) is 17.1. The van der Waals surface area contributed by atoms with Gasteiger partial charge in [-0.3, -0.25) is 9.71 Å². The van der Waals surface area contributed by atoms with Crippen LogP contribution in [0, 0.1) is 18.3 Å². The van der Waals surface area contributed by atoms with Crippen molar-refractivity contribution in [1.29, 1.82) is 0 Å². The molecular weight excluding hydrogens is 414 g/mol. The van der Waals surface area contributed by atoms with Crippen LogP contribution in [-0.2, 0) is 14.8 Å². The Balaban J connectivity index is 1.77. The van der Waals surface area contributed by atoms with Gasteiger partial charge in [-0.1, -0.05) is 13.0 Å². The molecule has 9 heteroatoms. The van der Waals surface area contributed by atoms with E-state index < -0.39 is 16.1 Å². The van der Waals surface area contributed by atoms with E-state index in [1.54, 1.807) is 30.0 Å². The fourth-order valence-electron chi connectivity index (χ4n) is 3.57. The number of rotatable bonds is 6. The standard InChI is InChI=1S/C22H21N5O3S/c1-4-15-11-16(19-8-9-21-24-13-17(5-2)27(21)25-19)12-20(22(15)30-3)26-31(28,29)18-7-6-10-23-14-18/h2,6-15,22,26H,4H2,1,3H3. The maximum atomic E-state index is 12.9. The van der Waals surface area contributed by atoms with Gasteiger partial charge in [0.1, 0.15) is 16.7 Å². The minimum Gasteiger partial charge on any atom is -0.375 e. The van der Waals surface area contributed by atoms with Gasteiger partial charge in [0.05, 0.1) is 17.6 Å². The predicted molar refractivity (Wildman–Crippen MR) is 116 cm³/mol. The largest absolute Gasteiger partial charge is 0.375 e. The Morgan fingerprint density at radius 3 is 2.81 bits per heavy atom. The van der Waals surface area contributed by atoms with Crippen molar-refractivity contribution in [2.45, 2.75) is 24.3 Å². The van der Waals surface area contributed by atoms with Crippen LogP contribution in [-0.4, -0.2) is 41.2 Å². The summed E-state index contributed by atoms with van der Waals surface area (Å²) in [4.78, 5) is 8.21. The Bertz CT molecular complexity index is 1320. The Hall–Kier alpha value is -3.48. The highest BCUT2D eigenvalue weighted by atomic mass is 32.2. The van der Waals surface area contributed by atoms with E-state index in [0.717, 1.165) is 12.0 Å². The molecule has 2 unspecified atom stereocenters. The highest BCUT2D eigenvalue weighted by Crippen LogP contribution is 2.31. The van der Waals surface area contributed by atoms with E-state index in [1.165, 1.54) is 18.5 Å². The first-order chi connectivity index (χ1) is 15.0. The molecule has 158 valence electrons. The van der Waals surface area contributed by atoms with Crippen molar-refractivity contribution in [3.63, 3.8) is 0 Å². The van der Waals surface area contributed by atoms with Crippen LogP contribution in [0.25, 0.3) is 11.2 Å². The molecule has 0 fully saturated rings. The monoisotopic (exact) mass is 435 g/mol. The third-order valence-electron chi connectivity index (χ3n) is 5.13. The molecule has 0 aliphatic heterocycles.